The quantitative estimate of drug-likeness (QED) is 0.135. The molecule has 2 rings (SSSR count). The fraction of sp³-hybridized carbons (Fsp3) is 0.484. The van der Waals surface area contributed by atoms with Crippen LogP contribution in [0.25, 0.3) is 0 Å². The number of nitrogens with two attached hydrogens (primary N) is 1. The highest BCUT2D eigenvalue weighted by Gasteiger charge is 2.28. The first-order valence-corrected chi connectivity index (χ1v) is 15.7. The summed E-state index contributed by atoms with van der Waals surface area (Å²) < 4.78 is 18.3. The van der Waals surface area contributed by atoms with Crippen molar-refractivity contribution < 1.29 is 28.3 Å². The minimum Gasteiger partial charge on any atom is -0.464 e. The molecule has 0 radical (unpaired) electrons. The summed E-state index contributed by atoms with van der Waals surface area (Å²) in [5.41, 5.74) is 8.24. The van der Waals surface area contributed by atoms with E-state index in [1.807, 2.05) is 36.1 Å². The number of rotatable bonds is 19. The molecular weight excluding hydrogens is 612 g/mol. The highest BCUT2D eigenvalue weighted by Crippen LogP contribution is 2.18. The number of anilines is 1. The monoisotopic (exact) mass is 653 g/mol. The molecule has 0 bridgehead atoms. The Morgan fingerprint density at radius 1 is 0.909 bits per heavy atom. The van der Waals surface area contributed by atoms with E-state index < -0.39 is 54.2 Å². The van der Waals surface area contributed by atoms with Gasteiger partial charge in [0.25, 0.3) is 0 Å². The number of benzene rings is 2. The van der Waals surface area contributed by atoms with Gasteiger partial charge in [-0.3, -0.25) is 14.4 Å². The summed E-state index contributed by atoms with van der Waals surface area (Å²) in [5.74, 6) is -1.95. The van der Waals surface area contributed by atoms with Crippen LogP contribution in [0.3, 0.4) is 0 Å². The summed E-state index contributed by atoms with van der Waals surface area (Å²) in [6, 6.07) is 10.1. The van der Waals surface area contributed by atoms with Crippen LogP contribution in [0.5, 0.6) is 0 Å². The summed E-state index contributed by atoms with van der Waals surface area (Å²) in [6.07, 6.45) is 1.21. The molecular formula is C31H42Cl2FN5O5. The first kappa shape index (κ1) is 36.8. The highest BCUT2D eigenvalue weighted by molar-refractivity contribution is 6.18. The lowest BCUT2D eigenvalue weighted by Crippen LogP contribution is -2.54. The molecule has 0 unspecified atom stereocenters. The fourth-order valence-electron chi connectivity index (χ4n) is 4.46. The van der Waals surface area contributed by atoms with Gasteiger partial charge >= 0.3 is 5.97 Å². The van der Waals surface area contributed by atoms with E-state index in [-0.39, 0.29) is 19.4 Å². The van der Waals surface area contributed by atoms with Crippen LogP contribution in [0.2, 0.25) is 0 Å². The van der Waals surface area contributed by atoms with Crippen molar-refractivity contribution in [1.29, 1.82) is 0 Å². The molecule has 0 heterocycles. The minimum atomic E-state index is -1.08. The lowest BCUT2D eigenvalue weighted by molar-refractivity contribution is -0.147. The minimum absolute atomic E-state index is 0.0979. The molecule has 3 atom stereocenters. The number of hydrogen-bond acceptors (Lipinski definition) is 7. The molecule has 242 valence electrons. The van der Waals surface area contributed by atoms with Crippen molar-refractivity contribution in [1.82, 2.24) is 16.0 Å². The van der Waals surface area contributed by atoms with Gasteiger partial charge in [-0.25, -0.2) is 9.18 Å². The van der Waals surface area contributed by atoms with Gasteiger partial charge in [-0.15, -0.1) is 23.2 Å². The van der Waals surface area contributed by atoms with Crippen LogP contribution in [0.4, 0.5) is 10.1 Å². The number of nitrogens with zero attached hydrogens (tertiary/aromatic N) is 1. The zero-order valence-electron chi connectivity index (χ0n) is 25.1. The van der Waals surface area contributed by atoms with Crippen molar-refractivity contribution in [2.75, 3.05) is 42.9 Å². The molecule has 0 aromatic heterocycles. The predicted molar refractivity (Wildman–Crippen MR) is 170 cm³/mol. The Bertz CT molecular complexity index is 1210. The second-order valence-electron chi connectivity index (χ2n) is 10.1. The van der Waals surface area contributed by atoms with E-state index in [4.69, 9.17) is 33.7 Å². The van der Waals surface area contributed by atoms with Crippen molar-refractivity contribution in [2.45, 2.75) is 57.7 Å². The predicted octanol–water partition coefficient (Wildman–Crippen LogP) is 2.67. The molecule has 2 aromatic carbocycles. The lowest BCUT2D eigenvalue weighted by atomic mass is 10.0. The summed E-state index contributed by atoms with van der Waals surface area (Å²) in [6.45, 7) is 4.41. The van der Waals surface area contributed by atoms with Gasteiger partial charge in [0.15, 0.2) is 0 Å². The summed E-state index contributed by atoms with van der Waals surface area (Å²) in [4.78, 5) is 53.4. The van der Waals surface area contributed by atoms with Gasteiger partial charge in [-0.05, 0) is 55.2 Å². The largest absolute Gasteiger partial charge is 0.464 e. The lowest BCUT2D eigenvalue weighted by Gasteiger charge is -2.25. The zero-order chi connectivity index (χ0) is 32.5. The van der Waals surface area contributed by atoms with E-state index in [1.165, 1.54) is 24.3 Å². The average Bonchev–Trinajstić information content (AvgIpc) is 3.00. The molecule has 0 spiro atoms. The molecule has 0 aliphatic heterocycles. The first-order chi connectivity index (χ1) is 21.1. The van der Waals surface area contributed by atoms with Gasteiger partial charge in [-0.1, -0.05) is 37.6 Å². The van der Waals surface area contributed by atoms with E-state index in [0.29, 0.717) is 43.3 Å². The van der Waals surface area contributed by atoms with E-state index >= 15 is 0 Å². The van der Waals surface area contributed by atoms with Gasteiger partial charge in [-0.2, -0.15) is 0 Å². The van der Waals surface area contributed by atoms with Gasteiger partial charge in [0.2, 0.25) is 17.7 Å². The average molecular weight is 655 g/mol. The Morgan fingerprint density at radius 3 is 2.20 bits per heavy atom. The number of ether oxygens (including phenoxy) is 1. The van der Waals surface area contributed by atoms with Crippen molar-refractivity contribution in [3.63, 3.8) is 0 Å². The Labute approximate surface area is 268 Å². The zero-order valence-corrected chi connectivity index (χ0v) is 26.6. The number of halogens is 3. The first-order valence-electron chi connectivity index (χ1n) is 14.6. The second kappa shape index (κ2) is 19.8. The number of amides is 3. The molecule has 2 aromatic rings. The summed E-state index contributed by atoms with van der Waals surface area (Å²) in [7, 11) is 0. The van der Waals surface area contributed by atoms with Crippen molar-refractivity contribution in [3.8, 4) is 0 Å². The van der Waals surface area contributed by atoms with Crippen LogP contribution < -0.4 is 26.6 Å². The summed E-state index contributed by atoms with van der Waals surface area (Å²) in [5, 5.41) is 7.87. The molecule has 0 saturated heterocycles. The third-order valence-corrected chi connectivity index (χ3v) is 7.01. The van der Waals surface area contributed by atoms with Crippen LogP contribution in [0.15, 0.2) is 48.5 Å². The second-order valence-corrected chi connectivity index (χ2v) is 10.9. The smallest absolute Gasteiger partial charge is 0.328 e. The third kappa shape index (κ3) is 12.7. The molecule has 0 fully saturated rings. The maximum absolute atomic E-state index is 13.5. The SMILES string of the molecule is CCC[C@H](NC(=O)[C@H](Cc1cccc(N(CCCl)CCCl)c1)NC(=O)CNC(=O)[C@@H](N)Cc1ccc(F)cc1)C(=O)OCC. The molecule has 10 nitrogen and oxygen atoms in total. The van der Waals surface area contributed by atoms with E-state index in [1.54, 1.807) is 6.92 Å². The van der Waals surface area contributed by atoms with E-state index in [2.05, 4.69) is 16.0 Å². The van der Waals surface area contributed by atoms with Crippen LogP contribution >= 0.6 is 23.2 Å². The number of esters is 1. The molecule has 3 amide bonds. The number of alkyl halides is 2. The normalized spacial score (nSPS) is 12.9. The maximum atomic E-state index is 13.5. The number of nitrogens with one attached hydrogen (secondary N) is 3. The van der Waals surface area contributed by atoms with Gasteiger partial charge in [0.05, 0.1) is 19.2 Å². The van der Waals surface area contributed by atoms with Crippen LogP contribution in [0, 0.1) is 5.82 Å². The number of carbonyl (C=O) groups excluding carboxylic acids is 4. The van der Waals surface area contributed by atoms with Crippen molar-refractivity contribution in [3.05, 3.63) is 65.5 Å². The fourth-order valence-corrected chi connectivity index (χ4v) is 4.87. The van der Waals surface area contributed by atoms with E-state index in [0.717, 1.165) is 11.3 Å². The molecule has 0 aliphatic carbocycles. The van der Waals surface area contributed by atoms with Crippen molar-refractivity contribution >= 4 is 52.6 Å². The Balaban J connectivity index is 2.17. The van der Waals surface area contributed by atoms with Crippen molar-refractivity contribution in [2.24, 2.45) is 5.73 Å². The third-order valence-electron chi connectivity index (χ3n) is 6.67. The Hall–Kier alpha value is -3.41. The van der Waals surface area contributed by atoms with Gasteiger partial charge in [0.1, 0.15) is 17.9 Å². The van der Waals surface area contributed by atoms with Gasteiger partial charge in [0, 0.05) is 37.0 Å². The molecule has 0 saturated carbocycles. The number of carbonyl (C=O) groups is 4. The summed E-state index contributed by atoms with van der Waals surface area (Å²) >= 11 is 11.9. The maximum Gasteiger partial charge on any atom is 0.328 e. The van der Waals surface area contributed by atoms with Crippen LogP contribution in [-0.4, -0.2) is 79.8 Å². The topological polar surface area (TPSA) is 143 Å². The Kier molecular flexibility index (Phi) is 16.5. The molecule has 0 aliphatic rings. The van der Waals surface area contributed by atoms with Gasteiger partial charge < -0.3 is 31.3 Å². The molecule has 13 heteroatoms. The Morgan fingerprint density at radius 2 is 1.59 bits per heavy atom. The standard InChI is InChI=1S/C31H42Cl2FN5O5/c1-3-6-26(31(43)44-4-2)38-30(42)27(19-22-7-5-8-24(17-22)39(15-13-32)16-14-33)37-28(40)20-36-29(41)25(35)18-21-9-11-23(34)12-10-21/h5,7-12,17,25-27H,3-4,6,13-16,18-20,35H2,1-2H3,(H,36,41)(H,37,40)(H,38,42)/t25-,26-,27-/m0/s1. The molecule has 5 N–H and O–H groups in total. The highest BCUT2D eigenvalue weighted by atomic mass is 35.5. The number of hydrogen-bond donors (Lipinski definition) is 4. The van der Waals surface area contributed by atoms with Crippen LogP contribution in [-0.2, 0) is 36.8 Å². The molecule has 44 heavy (non-hydrogen) atoms. The van der Waals surface area contributed by atoms with E-state index in [9.17, 15) is 23.6 Å². The van der Waals surface area contributed by atoms with Crippen LogP contribution in [0.1, 0.15) is 37.8 Å².